The van der Waals surface area contributed by atoms with Crippen molar-refractivity contribution in [2.45, 2.75) is 12.8 Å². The van der Waals surface area contributed by atoms with E-state index in [1.807, 2.05) is 48.2 Å². The summed E-state index contributed by atoms with van der Waals surface area (Å²) in [6.07, 6.45) is 2.09. The molecule has 2 aromatic rings. The largest absolute Gasteiger partial charge is 0.377 e. The maximum atomic E-state index is 12.9. The van der Waals surface area contributed by atoms with Crippen LogP contribution in [-0.4, -0.2) is 43.9 Å². The molecule has 0 spiro atoms. The lowest BCUT2D eigenvalue weighted by atomic mass is 10.1. The van der Waals surface area contributed by atoms with Crippen LogP contribution >= 0.6 is 15.9 Å². The van der Waals surface area contributed by atoms with Gasteiger partial charge >= 0.3 is 0 Å². The van der Waals surface area contributed by atoms with E-state index >= 15 is 0 Å². The Labute approximate surface area is 162 Å². The minimum atomic E-state index is -0.199. The lowest BCUT2D eigenvalue weighted by molar-refractivity contribution is 0.0793. The number of amides is 2. The summed E-state index contributed by atoms with van der Waals surface area (Å²) >= 11 is 3.36. The lowest BCUT2D eigenvalue weighted by Crippen LogP contribution is -2.29. The Hall–Kier alpha value is -2.34. The molecule has 0 aliphatic carbocycles. The number of nitrogens with zero attached hydrogens (tertiary/aromatic N) is 2. The third kappa shape index (κ3) is 4.07. The number of rotatable bonds is 4. The van der Waals surface area contributed by atoms with Crippen molar-refractivity contribution in [1.29, 1.82) is 0 Å². The Morgan fingerprint density at radius 2 is 1.69 bits per heavy atom. The molecule has 5 nitrogen and oxygen atoms in total. The number of nitrogens with one attached hydrogen (secondary N) is 1. The molecule has 6 heteroatoms. The van der Waals surface area contributed by atoms with Gasteiger partial charge in [-0.3, -0.25) is 9.59 Å². The number of carbonyl (C=O) groups excluding carboxylic acids is 2. The van der Waals surface area contributed by atoms with Crippen LogP contribution < -0.4 is 10.2 Å². The van der Waals surface area contributed by atoms with E-state index in [9.17, 15) is 9.59 Å². The second-order valence-corrected chi connectivity index (χ2v) is 7.50. The van der Waals surface area contributed by atoms with Crippen LogP contribution in [-0.2, 0) is 0 Å². The lowest BCUT2D eigenvalue weighted by Gasteiger charge is -2.22. The van der Waals surface area contributed by atoms with E-state index in [4.69, 9.17) is 0 Å². The van der Waals surface area contributed by atoms with Crippen molar-refractivity contribution in [3.63, 3.8) is 0 Å². The molecule has 1 N–H and O–H groups in total. The maximum absolute atomic E-state index is 12.9. The fraction of sp³-hybridized carbons (Fsp3) is 0.300. The molecule has 0 saturated carbocycles. The first-order valence-electron chi connectivity index (χ1n) is 8.63. The highest BCUT2D eigenvalue weighted by Gasteiger charge is 2.23. The zero-order valence-corrected chi connectivity index (χ0v) is 16.5. The quantitative estimate of drug-likeness (QED) is 0.820. The van der Waals surface area contributed by atoms with E-state index < -0.39 is 0 Å². The second-order valence-electron chi connectivity index (χ2n) is 6.59. The van der Waals surface area contributed by atoms with E-state index in [0.717, 1.165) is 36.1 Å². The Balaban J connectivity index is 1.86. The normalized spacial score (nSPS) is 13.6. The second kappa shape index (κ2) is 7.91. The summed E-state index contributed by atoms with van der Waals surface area (Å²) in [5.74, 6) is -0.180. The van der Waals surface area contributed by atoms with Crippen molar-refractivity contribution in [2.75, 3.05) is 37.4 Å². The molecular formula is C20H22BrN3O2. The first kappa shape index (κ1) is 18.5. The topological polar surface area (TPSA) is 52.7 Å². The van der Waals surface area contributed by atoms with E-state index in [0.29, 0.717) is 16.8 Å². The van der Waals surface area contributed by atoms with Gasteiger partial charge in [0.15, 0.2) is 0 Å². The maximum Gasteiger partial charge on any atom is 0.256 e. The van der Waals surface area contributed by atoms with Gasteiger partial charge in [0.1, 0.15) is 0 Å². The van der Waals surface area contributed by atoms with E-state index in [1.165, 1.54) is 0 Å². The van der Waals surface area contributed by atoms with Crippen LogP contribution in [0.15, 0.2) is 46.9 Å². The van der Waals surface area contributed by atoms with Crippen LogP contribution in [0.1, 0.15) is 33.6 Å². The zero-order valence-electron chi connectivity index (χ0n) is 15.0. The van der Waals surface area contributed by atoms with Gasteiger partial charge < -0.3 is 15.1 Å². The average molecular weight is 416 g/mol. The number of hydrogen-bond acceptors (Lipinski definition) is 3. The van der Waals surface area contributed by atoms with Gasteiger partial charge in [0.2, 0.25) is 0 Å². The first-order chi connectivity index (χ1) is 12.5. The Morgan fingerprint density at radius 1 is 1.04 bits per heavy atom. The van der Waals surface area contributed by atoms with Crippen LogP contribution in [0.5, 0.6) is 0 Å². The Bertz CT molecular complexity index is 812. The molecule has 0 radical (unpaired) electrons. The number of benzene rings is 2. The predicted molar refractivity (Wildman–Crippen MR) is 108 cm³/mol. The number of likely N-dealkylation sites (tertiary alicyclic amines) is 1. The van der Waals surface area contributed by atoms with Crippen molar-refractivity contribution < 1.29 is 9.59 Å². The Kier molecular flexibility index (Phi) is 5.61. The monoisotopic (exact) mass is 415 g/mol. The minimum Gasteiger partial charge on any atom is -0.377 e. The SMILES string of the molecule is CN(C)c1ccc(NC(=O)c2ccc(Br)cc2)cc1C(=O)N1CCCC1. The molecule has 0 unspecified atom stereocenters. The summed E-state index contributed by atoms with van der Waals surface area (Å²) < 4.78 is 0.919. The summed E-state index contributed by atoms with van der Waals surface area (Å²) in [5, 5.41) is 2.89. The van der Waals surface area contributed by atoms with Crippen LogP contribution in [0.4, 0.5) is 11.4 Å². The van der Waals surface area contributed by atoms with Crippen molar-refractivity contribution in [1.82, 2.24) is 4.90 Å². The van der Waals surface area contributed by atoms with E-state index in [2.05, 4.69) is 21.2 Å². The summed E-state index contributed by atoms with van der Waals surface area (Å²) in [4.78, 5) is 29.1. The van der Waals surface area contributed by atoms with Crippen molar-refractivity contribution in [3.8, 4) is 0 Å². The molecule has 0 aromatic heterocycles. The number of hydrogen-bond donors (Lipinski definition) is 1. The molecule has 2 aromatic carbocycles. The molecule has 136 valence electrons. The molecule has 3 rings (SSSR count). The molecule has 0 atom stereocenters. The first-order valence-corrected chi connectivity index (χ1v) is 9.42. The molecule has 1 aliphatic rings. The molecule has 1 heterocycles. The number of carbonyl (C=O) groups is 2. The zero-order chi connectivity index (χ0) is 18.7. The molecule has 26 heavy (non-hydrogen) atoms. The smallest absolute Gasteiger partial charge is 0.256 e. The average Bonchev–Trinajstić information content (AvgIpc) is 3.16. The fourth-order valence-corrected chi connectivity index (χ4v) is 3.33. The van der Waals surface area contributed by atoms with Gasteiger partial charge in [-0.25, -0.2) is 0 Å². The predicted octanol–water partition coefficient (Wildman–Crippen LogP) is 4.00. The number of anilines is 2. The molecule has 0 bridgehead atoms. The molecule has 2 amide bonds. The van der Waals surface area contributed by atoms with Gasteiger partial charge in [-0.1, -0.05) is 15.9 Å². The fourth-order valence-electron chi connectivity index (χ4n) is 3.07. The van der Waals surface area contributed by atoms with Crippen LogP contribution in [0.25, 0.3) is 0 Å². The highest BCUT2D eigenvalue weighted by molar-refractivity contribution is 9.10. The van der Waals surface area contributed by atoms with Crippen LogP contribution in [0.3, 0.4) is 0 Å². The van der Waals surface area contributed by atoms with Gasteiger partial charge in [-0.05, 0) is 55.3 Å². The highest BCUT2D eigenvalue weighted by Crippen LogP contribution is 2.26. The third-order valence-electron chi connectivity index (χ3n) is 4.47. The number of halogens is 1. The summed E-state index contributed by atoms with van der Waals surface area (Å²) in [6, 6.07) is 12.6. The summed E-state index contributed by atoms with van der Waals surface area (Å²) in [5.41, 5.74) is 2.65. The summed E-state index contributed by atoms with van der Waals surface area (Å²) in [7, 11) is 3.83. The molecule has 1 fully saturated rings. The minimum absolute atomic E-state index is 0.0194. The molecular weight excluding hydrogens is 394 g/mol. The van der Waals surface area contributed by atoms with Gasteiger partial charge in [0.25, 0.3) is 11.8 Å². The molecule has 1 saturated heterocycles. The summed E-state index contributed by atoms with van der Waals surface area (Å²) in [6.45, 7) is 1.59. The van der Waals surface area contributed by atoms with E-state index in [-0.39, 0.29) is 11.8 Å². The third-order valence-corrected chi connectivity index (χ3v) is 4.99. The van der Waals surface area contributed by atoms with Gasteiger partial charge in [0, 0.05) is 48.6 Å². The Morgan fingerprint density at radius 3 is 2.31 bits per heavy atom. The molecule has 1 aliphatic heterocycles. The highest BCUT2D eigenvalue weighted by atomic mass is 79.9. The van der Waals surface area contributed by atoms with Crippen LogP contribution in [0.2, 0.25) is 0 Å². The van der Waals surface area contributed by atoms with E-state index in [1.54, 1.807) is 18.2 Å². The van der Waals surface area contributed by atoms with Gasteiger partial charge in [0.05, 0.1) is 5.56 Å². The standard InChI is InChI=1S/C20H22BrN3O2/c1-23(2)18-10-9-16(13-17(18)20(26)24-11-3-4-12-24)22-19(25)14-5-7-15(21)8-6-14/h5-10,13H,3-4,11-12H2,1-2H3,(H,22,25). The van der Waals surface area contributed by atoms with Crippen molar-refractivity contribution in [3.05, 3.63) is 58.1 Å². The van der Waals surface area contributed by atoms with Gasteiger partial charge in [-0.2, -0.15) is 0 Å². The van der Waals surface area contributed by atoms with Gasteiger partial charge in [-0.15, -0.1) is 0 Å². The van der Waals surface area contributed by atoms with Crippen molar-refractivity contribution >= 4 is 39.1 Å². The van der Waals surface area contributed by atoms with Crippen molar-refractivity contribution in [2.24, 2.45) is 0 Å². The van der Waals surface area contributed by atoms with Crippen LogP contribution in [0, 0.1) is 0 Å².